The molecule has 2 heterocycles. The molecule has 0 spiro atoms. The van der Waals surface area contributed by atoms with Gasteiger partial charge in [0.15, 0.2) is 0 Å². The van der Waals surface area contributed by atoms with Crippen molar-refractivity contribution in [2.75, 3.05) is 26.7 Å². The lowest BCUT2D eigenvalue weighted by Gasteiger charge is -2.59. The quantitative estimate of drug-likeness (QED) is 0.906. The van der Waals surface area contributed by atoms with Gasteiger partial charge in [-0.2, -0.15) is 0 Å². The zero-order valence-electron chi connectivity index (χ0n) is 15.6. The summed E-state index contributed by atoms with van der Waals surface area (Å²) in [7, 11) is 2.33. The summed E-state index contributed by atoms with van der Waals surface area (Å²) in [5.41, 5.74) is 11.2. The van der Waals surface area contributed by atoms with Crippen LogP contribution in [-0.2, 0) is 18.3 Å². The second-order valence-electron chi connectivity index (χ2n) is 8.58. The fraction of sp³-hybridized carbons (Fsp3) is 0.714. The van der Waals surface area contributed by atoms with Gasteiger partial charge in [-0.25, -0.2) is 0 Å². The van der Waals surface area contributed by atoms with Crippen LogP contribution in [0.1, 0.15) is 49.8 Å². The molecular formula is C21H33N3. The monoisotopic (exact) mass is 327 g/mol. The number of rotatable bonds is 2. The van der Waals surface area contributed by atoms with Gasteiger partial charge in [-0.3, -0.25) is 4.90 Å². The standard InChI is InChI=1S/C21H33N3/c1-4-15-5-6-16-14-19-20(24-10-7-17(22)8-11-24)21(2,18(16)13-15)9-12-23(19)3/h5-6,13,17,19-20H,4,7-12,14,22H2,1-3H3/t19?,20?,21-/m1/s1. The molecule has 4 rings (SSSR count). The molecule has 1 aromatic rings. The lowest BCUT2D eigenvalue weighted by atomic mass is 9.60. The number of likely N-dealkylation sites (tertiary alicyclic amines) is 2. The van der Waals surface area contributed by atoms with Crippen molar-refractivity contribution in [3.05, 3.63) is 34.9 Å². The third-order valence-corrected chi connectivity index (χ3v) is 7.16. The minimum atomic E-state index is 0.289. The molecule has 2 fully saturated rings. The fourth-order valence-electron chi connectivity index (χ4n) is 5.57. The Balaban J connectivity index is 1.75. The highest BCUT2D eigenvalue weighted by atomic mass is 15.3. The summed E-state index contributed by atoms with van der Waals surface area (Å²) in [6, 6.07) is 8.99. The van der Waals surface area contributed by atoms with Crippen LogP contribution in [0.5, 0.6) is 0 Å². The van der Waals surface area contributed by atoms with Crippen LogP contribution in [-0.4, -0.2) is 54.6 Å². The largest absolute Gasteiger partial charge is 0.328 e. The Bertz CT molecular complexity index is 605. The Morgan fingerprint density at radius 2 is 1.96 bits per heavy atom. The van der Waals surface area contributed by atoms with Gasteiger partial charge in [0.25, 0.3) is 0 Å². The van der Waals surface area contributed by atoms with Crippen molar-refractivity contribution >= 4 is 0 Å². The predicted molar refractivity (Wildman–Crippen MR) is 100 cm³/mol. The molecule has 2 N–H and O–H groups in total. The smallest absolute Gasteiger partial charge is 0.0349 e. The Kier molecular flexibility index (Phi) is 4.22. The molecule has 132 valence electrons. The van der Waals surface area contributed by atoms with Crippen LogP contribution in [0, 0.1) is 0 Å². The summed E-state index contributed by atoms with van der Waals surface area (Å²) in [6.07, 6.45) is 5.93. The van der Waals surface area contributed by atoms with E-state index in [1.807, 2.05) is 0 Å². The van der Waals surface area contributed by atoms with Crippen LogP contribution >= 0.6 is 0 Å². The van der Waals surface area contributed by atoms with Gasteiger partial charge in [-0.05, 0) is 62.4 Å². The Hall–Kier alpha value is -0.900. The van der Waals surface area contributed by atoms with Crippen molar-refractivity contribution in [3.63, 3.8) is 0 Å². The first-order chi connectivity index (χ1) is 11.5. The average Bonchev–Trinajstić information content (AvgIpc) is 2.59. The molecular weight excluding hydrogens is 294 g/mol. The van der Waals surface area contributed by atoms with E-state index in [1.165, 1.54) is 38.0 Å². The Labute approximate surface area is 147 Å². The van der Waals surface area contributed by atoms with Crippen molar-refractivity contribution in [1.29, 1.82) is 0 Å². The SMILES string of the molecule is CCc1ccc2c(c1)[C@@]1(C)CCN(C)C(C2)C1N1CCC(N)CC1. The van der Waals surface area contributed by atoms with Gasteiger partial charge in [0.1, 0.15) is 0 Å². The molecule has 0 aromatic heterocycles. The molecule has 1 aromatic carbocycles. The van der Waals surface area contributed by atoms with Crippen molar-refractivity contribution in [2.45, 2.75) is 69.5 Å². The van der Waals surface area contributed by atoms with E-state index >= 15 is 0 Å². The minimum Gasteiger partial charge on any atom is -0.328 e. The number of fused-ring (bicyclic) bond motifs is 4. The highest BCUT2D eigenvalue weighted by Crippen LogP contribution is 2.47. The summed E-state index contributed by atoms with van der Waals surface area (Å²) in [5, 5.41) is 0. The first-order valence-corrected chi connectivity index (χ1v) is 9.85. The first-order valence-electron chi connectivity index (χ1n) is 9.85. The van der Waals surface area contributed by atoms with Crippen LogP contribution in [0.2, 0.25) is 0 Å². The zero-order chi connectivity index (χ0) is 16.9. The summed E-state index contributed by atoms with van der Waals surface area (Å²) in [5.74, 6) is 0. The number of nitrogens with two attached hydrogens (primary N) is 1. The second-order valence-corrected chi connectivity index (χ2v) is 8.58. The summed E-state index contributed by atoms with van der Waals surface area (Å²) >= 11 is 0. The topological polar surface area (TPSA) is 32.5 Å². The molecule has 0 amide bonds. The van der Waals surface area contributed by atoms with Gasteiger partial charge in [-0.1, -0.05) is 32.0 Å². The van der Waals surface area contributed by atoms with Crippen LogP contribution in [0.15, 0.2) is 18.2 Å². The molecule has 3 heteroatoms. The van der Waals surface area contributed by atoms with Crippen molar-refractivity contribution in [2.24, 2.45) is 5.73 Å². The lowest BCUT2D eigenvalue weighted by Crippen LogP contribution is -2.68. The molecule has 24 heavy (non-hydrogen) atoms. The predicted octanol–water partition coefficient (Wildman–Crippen LogP) is 2.56. The number of likely N-dealkylation sites (N-methyl/N-ethyl adjacent to an activating group) is 1. The van der Waals surface area contributed by atoms with Crippen LogP contribution in [0.4, 0.5) is 0 Å². The molecule has 2 saturated heterocycles. The number of aryl methyl sites for hydroxylation is 1. The van der Waals surface area contributed by atoms with E-state index < -0.39 is 0 Å². The van der Waals surface area contributed by atoms with Gasteiger partial charge >= 0.3 is 0 Å². The second kappa shape index (κ2) is 6.12. The summed E-state index contributed by atoms with van der Waals surface area (Å²) < 4.78 is 0. The molecule has 2 bridgehead atoms. The number of hydrogen-bond donors (Lipinski definition) is 1. The number of piperidine rings is 2. The minimum absolute atomic E-state index is 0.289. The van der Waals surface area contributed by atoms with Crippen LogP contribution in [0.3, 0.4) is 0 Å². The van der Waals surface area contributed by atoms with Gasteiger partial charge in [0.05, 0.1) is 0 Å². The van der Waals surface area contributed by atoms with Crippen LogP contribution < -0.4 is 5.73 Å². The molecule has 3 nitrogen and oxygen atoms in total. The molecule has 3 aliphatic rings. The van der Waals surface area contributed by atoms with E-state index in [1.54, 1.807) is 11.1 Å². The average molecular weight is 328 g/mol. The normalized spacial score (nSPS) is 35.0. The first kappa shape index (κ1) is 16.6. The molecule has 2 aliphatic heterocycles. The van der Waals surface area contributed by atoms with E-state index in [0.717, 1.165) is 19.3 Å². The van der Waals surface area contributed by atoms with Gasteiger partial charge < -0.3 is 10.6 Å². The van der Waals surface area contributed by atoms with E-state index in [9.17, 15) is 0 Å². The van der Waals surface area contributed by atoms with Crippen LogP contribution in [0.25, 0.3) is 0 Å². The van der Waals surface area contributed by atoms with Gasteiger partial charge in [0.2, 0.25) is 0 Å². The molecule has 3 atom stereocenters. The van der Waals surface area contributed by atoms with Gasteiger partial charge in [-0.15, -0.1) is 0 Å². The van der Waals surface area contributed by atoms with E-state index in [-0.39, 0.29) is 5.41 Å². The maximum absolute atomic E-state index is 6.18. The van der Waals surface area contributed by atoms with Crippen molar-refractivity contribution in [1.82, 2.24) is 9.80 Å². The van der Waals surface area contributed by atoms with Gasteiger partial charge in [0, 0.05) is 36.6 Å². The number of benzene rings is 1. The third-order valence-electron chi connectivity index (χ3n) is 7.16. The Morgan fingerprint density at radius 3 is 2.67 bits per heavy atom. The molecule has 1 aliphatic carbocycles. The molecule has 0 saturated carbocycles. The van der Waals surface area contributed by atoms with E-state index in [0.29, 0.717) is 18.1 Å². The summed E-state index contributed by atoms with van der Waals surface area (Å²) in [6.45, 7) is 8.39. The molecule has 0 radical (unpaired) electrons. The number of nitrogens with zero attached hydrogens (tertiary/aromatic N) is 2. The lowest BCUT2D eigenvalue weighted by molar-refractivity contribution is -0.0190. The maximum atomic E-state index is 6.18. The maximum Gasteiger partial charge on any atom is 0.0349 e. The van der Waals surface area contributed by atoms with Crippen molar-refractivity contribution in [3.8, 4) is 0 Å². The summed E-state index contributed by atoms with van der Waals surface area (Å²) in [4.78, 5) is 5.41. The highest BCUT2D eigenvalue weighted by molar-refractivity contribution is 5.44. The zero-order valence-corrected chi connectivity index (χ0v) is 15.6. The van der Waals surface area contributed by atoms with E-state index in [4.69, 9.17) is 5.73 Å². The third kappa shape index (κ3) is 2.53. The fourth-order valence-corrected chi connectivity index (χ4v) is 5.57. The van der Waals surface area contributed by atoms with Crippen molar-refractivity contribution < 1.29 is 0 Å². The number of hydrogen-bond acceptors (Lipinski definition) is 3. The Morgan fingerprint density at radius 1 is 1.21 bits per heavy atom. The highest BCUT2D eigenvalue weighted by Gasteiger charge is 2.52. The molecule has 2 unspecified atom stereocenters. The van der Waals surface area contributed by atoms with E-state index in [2.05, 4.69) is 48.9 Å².